The van der Waals surface area contributed by atoms with Gasteiger partial charge in [-0.15, -0.1) is 0 Å². The number of amides is 1. The SMILES string of the molecule is CN=C(NCCCN1CCC(C)CC1)NCCC(=O)N(C)Cc1ccccc1. The molecule has 0 aliphatic carbocycles. The minimum Gasteiger partial charge on any atom is -0.356 e. The van der Waals surface area contributed by atoms with Crippen molar-refractivity contribution in [1.82, 2.24) is 20.4 Å². The summed E-state index contributed by atoms with van der Waals surface area (Å²) < 4.78 is 0. The predicted octanol–water partition coefficient (Wildman–Crippen LogP) is 2.32. The second kappa shape index (κ2) is 12.4. The number of benzene rings is 1. The Morgan fingerprint density at radius 2 is 1.86 bits per heavy atom. The third kappa shape index (κ3) is 8.30. The van der Waals surface area contributed by atoms with E-state index < -0.39 is 0 Å². The Balaban J connectivity index is 1.56. The summed E-state index contributed by atoms with van der Waals surface area (Å²) in [4.78, 5) is 20.9. The van der Waals surface area contributed by atoms with Crippen LogP contribution in [0.5, 0.6) is 0 Å². The normalized spacial score (nSPS) is 16.0. The molecule has 1 amide bonds. The van der Waals surface area contributed by atoms with Crippen molar-refractivity contribution in [3.8, 4) is 0 Å². The Morgan fingerprint density at radius 3 is 2.54 bits per heavy atom. The minimum absolute atomic E-state index is 0.131. The van der Waals surface area contributed by atoms with E-state index >= 15 is 0 Å². The standard InChI is InChI=1S/C22H37N5O/c1-19-11-16-27(17-12-19)15-7-13-24-22(23-2)25-14-10-21(28)26(3)18-20-8-5-4-6-9-20/h4-6,8-9,19H,7,10-18H2,1-3H3,(H2,23,24,25). The number of nitrogens with one attached hydrogen (secondary N) is 2. The van der Waals surface area contributed by atoms with Gasteiger partial charge in [0.05, 0.1) is 0 Å². The van der Waals surface area contributed by atoms with Gasteiger partial charge in [-0.05, 0) is 50.4 Å². The third-order valence-corrected chi connectivity index (χ3v) is 5.36. The largest absolute Gasteiger partial charge is 0.356 e. The van der Waals surface area contributed by atoms with Crippen LogP contribution in [0.3, 0.4) is 0 Å². The number of guanidine groups is 1. The van der Waals surface area contributed by atoms with Crippen LogP contribution in [0.25, 0.3) is 0 Å². The molecule has 156 valence electrons. The summed E-state index contributed by atoms with van der Waals surface area (Å²) in [6.45, 7) is 8.06. The predicted molar refractivity (Wildman–Crippen MR) is 116 cm³/mol. The second-order valence-electron chi connectivity index (χ2n) is 7.79. The topological polar surface area (TPSA) is 60.0 Å². The number of carbonyl (C=O) groups is 1. The Bertz CT molecular complexity index is 596. The first-order valence-electron chi connectivity index (χ1n) is 10.5. The van der Waals surface area contributed by atoms with Gasteiger partial charge < -0.3 is 20.4 Å². The molecule has 28 heavy (non-hydrogen) atoms. The van der Waals surface area contributed by atoms with Gasteiger partial charge in [0.15, 0.2) is 5.96 Å². The molecule has 0 unspecified atom stereocenters. The number of carbonyl (C=O) groups excluding carboxylic acids is 1. The first kappa shape index (κ1) is 22.2. The molecule has 1 aromatic carbocycles. The van der Waals surface area contributed by atoms with Crippen LogP contribution in [0.1, 0.15) is 38.2 Å². The summed E-state index contributed by atoms with van der Waals surface area (Å²) in [5.41, 5.74) is 1.15. The number of hydrogen-bond donors (Lipinski definition) is 2. The van der Waals surface area contributed by atoms with Crippen LogP contribution in [0.15, 0.2) is 35.3 Å². The van der Waals surface area contributed by atoms with Gasteiger partial charge in [-0.2, -0.15) is 0 Å². The molecule has 2 rings (SSSR count). The first-order chi connectivity index (χ1) is 13.6. The third-order valence-electron chi connectivity index (χ3n) is 5.36. The zero-order valence-corrected chi connectivity index (χ0v) is 17.8. The molecular weight excluding hydrogens is 350 g/mol. The molecule has 1 aliphatic heterocycles. The Morgan fingerprint density at radius 1 is 1.18 bits per heavy atom. The Hall–Kier alpha value is -2.08. The van der Waals surface area contributed by atoms with Gasteiger partial charge in [0.25, 0.3) is 0 Å². The summed E-state index contributed by atoms with van der Waals surface area (Å²) in [5.74, 6) is 1.78. The minimum atomic E-state index is 0.131. The van der Waals surface area contributed by atoms with Crippen LogP contribution in [0.4, 0.5) is 0 Å². The van der Waals surface area contributed by atoms with Gasteiger partial charge in [0.1, 0.15) is 0 Å². The summed E-state index contributed by atoms with van der Waals surface area (Å²) in [6.07, 6.45) is 4.20. The van der Waals surface area contributed by atoms with E-state index in [2.05, 4.69) is 27.4 Å². The highest BCUT2D eigenvalue weighted by Crippen LogP contribution is 2.15. The second-order valence-corrected chi connectivity index (χ2v) is 7.79. The van der Waals surface area contributed by atoms with Gasteiger partial charge >= 0.3 is 0 Å². The highest BCUT2D eigenvalue weighted by Gasteiger charge is 2.14. The highest BCUT2D eigenvalue weighted by molar-refractivity contribution is 5.81. The molecule has 0 atom stereocenters. The summed E-state index contributed by atoms with van der Waals surface area (Å²) >= 11 is 0. The van der Waals surface area contributed by atoms with Crippen LogP contribution in [-0.2, 0) is 11.3 Å². The number of hydrogen-bond acceptors (Lipinski definition) is 3. The molecule has 0 bridgehead atoms. The van der Waals surface area contributed by atoms with Crippen LogP contribution >= 0.6 is 0 Å². The summed E-state index contributed by atoms with van der Waals surface area (Å²) in [7, 11) is 3.62. The van der Waals surface area contributed by atoms with E-state index in [0.29, 0.717) is 19.5 Å². The number of piperidine rings is 1. The zero-order chi connectivity index (χ0) is 20.2. The molecule has 1 heterocycles. The van der Waals surface area contributed by atoms with E-state index in [-0.39, 0.29) is 5.91 Å². The molecule has 0 radical (unpaired) electrons. The maximum Gasteiger partial charge on any atom is 0.224 e. The molecule has 0 spiro atoms. The summed E-state index contributed by atoms with van der Waals surface area (Å²) in [5, 5.41) is 6.59. The van der Waals surface area contributed by atoms with E-state index in [9.17, 15) is 4.79 Å². The lowest BCUT2D eigenvalue weighted by Crippen LogP contribution is -2.41. The molecule has 1 saturated heterocycles. The highest BCUT2D eigenvalue weighted by atomic mass is 16.2. The Labute approximate surface area is 170 Å². The molecule has 0 aromatic heterocycles. The molecule has 6 heteroatoms. The van der Waals surface area contributed by atoms with Crippen LogP contribution in [0.2, 0.25) is 0 Å². The smallest absolute Gasteiger partial charge is 0.224 e. The molecule has 6 nitrogen and oxygen atoms in total. The maximum atomic E-state index is 12.3. The van der Waals surface area contributed by atoms with Crippen molar-refractivity contribution in [2.45, 2.75) is 39.2 Å². The van der Waals surface area contributed by atoms with Gasteiger partial charge in [-0.25, -0.2) is 0 Å². The number of rotatable bonds is 9. The monoisotopic (exact) mass is 387 g/mol. The molecule has 2 N–H and O–H groups in total. The zero-order valence-electron chi connectivity index (χ0n) is 17.8. The fourth-order valence-corrected chi connectivity index (χ4v) is 3.44. The maximum absolute atomic E-state index is 12.3. The summed E-state index contributed by atoms with van der Waals surface area (Å²) in [6, 6.07) is 10.1. The van der Waals surface area contributed by atoms with Crippen molar-refractivity contribution in [2.24, 2.45) is 10.9 Å². The molecule has 1 fully saturated rings. The van der Waals surface area contributed by atoms with E-state index in [1.165, 1.54) is 25.9 Å². The van der Waals surface area contributed by atoms with E-state index in [1.54, 1.807) is 11.9 Å². The van der Waals surface area contributed by atoms with Crippen molar-refractivity contribution in [1.29, 1.82) is 0 Å². The van der Waals surface area contributed by atoms with Gasteiger partial charge in [-0.3, -0.25) is 9.79 Å². The van der Waals surface area contributed by atoms with Crippen molar-refractivity contribution in [3.63, 3.8) is 0 Å². The number of likely N-dealkylation sites (tertiary alicyclic amines) is 1. The molecular formula is C22H37N5O. The van der Waals surface area contributed by atoms with Gasteiger partial charge in [0, 0.05) is 40.2 Å². The lowest BCUT2D eigenvalue weighted by Gasteiger charge is -2.30. The van der Waals surface area contributed by atoms with Crippen LogP contribution in [-0.4, -0.2) is 68.5 Å². The fourth-order valence-electron chi connectivity index (χ4n) is 3.44. The van der Waals surface area contributed by atoms with Crippen molar-refractivity contribution < 1.29 is 4.79 Å². The first-order valence-corrected chi connectivity index (χ1v) is 10.5. The van der Waals surface area contributed by atoms with E-state index in [1.807, 2.05) is 37.4 Å². The van der Waals surface area contributed by atoms with E-state index in [0.717, 1.165) is 37.0 Å². The molecule has 1 aliphatic rings. The van der Waals surface area contributed by atoms with E-state index in [4.69, 9.17) is 0 Å². The Kier molecular flexibility index (Phi) is 9.83. The molecule has 0 saturated carbocycles. The van der Waals surface area contributed by atoms with Crippen LogP contribution < -0.4 is 10.6 Å². The van der Waals surface area contributed by atoms with Crippen molar-refractivity contribution in [3.05, 3.63) is 35.9 Å². The molecule has 1 aromatic rings. The van der Waals surface area contributed by atoms with Crippen molar-refractivity contribution in [2.75, 3.05) is 46.8 Å². The number of nitrogens with zero attached hydrogens (tertiary/aromatic N) is 3. The average Bonchev–Trinajstić information content (AvgIpc) is 2.71. The van der Waals surface area contributed by atoms with Crippen LogP contribution in [0, 0.1) is 5.92 Å². The van der Waals surface area contributed by atoms with Gasteiger partial charge in [0.2, 0.25) is 5.91 Å². The lowest BCUT2D eigenvalue weighted by molar-refractivity contribution is -0.130. The average molecular weight is 388 g/mol. The van der Waals surface area contributed by atoms with Crippen molar-refractivity contribution >= 4 is 11.9 Å². The quantitative estimate of drug-likeness (QED) is 0.388. The fraction of sp³-hybridized carbons (Fsp3) is 0.636. The number of aliphatic imine (C=N–C) groups is 1. The lowest BCUT2D eigenvalue weighted by atomic mass is 9.99. The van der Waals surface area contributed by atoms with Gasteiger partial charge in [-0.1, -0.05) is 37.3 Å².